The van der Waals surface area contributed by atoms with Crippen LogP contribution < -0.4 is 0 Å². The molecule has 0 rings (SSSR count). The van der Waals surface area contributed by atoms with Crippen LogP contribution in [-0.4, -0.2) is 48.7 Å². The Labute approximate surface area is 271 Å². The Bertz CT molecular complexity index is 558. The maximum atomic E-state index is 8.63. The topological polar surface area (TPSA) is 77.4 Å². The fraction of sp³-hybridized carbons (Fsp3) is 1.00. The summed E-state index contributed by atoms with van der Waals surface area (Å²) in [5.74, 6) is 0. The average molecular weight is 634 g/mol. The summed E-state index contributed by atoms with van der Waals surface area (Å²) < 4.78 is 34.2. The molecule has 43 heavy (non-hydrogen) atoms. The number of hydrogen-bond acceptors (Lipinski definition) is 3. The molecule has 0 saturated carbocycles. The van der Waals surface area contributed by atoms with Crippen molar-refractivity contribution in [2.45, 2.75) is 213 Å². The van der Waals surface area contributed by atoms with Crippen LogP contribution in [0.25, 0.3) is 0 Å². The van der Waals surface area contributed by atoms with Gasteiger partial charge in [0.1, 0.15) is 0 Å². The van der Waals surface area contributed by atoms with Gasteiger partial charge < -0.3 is 9.04 Å². The molecule has 0 heterocycles. The monoisotopic (exact) mass is 634 g/mol. The van der Waals surface area contributed by atoms with Gasteiger partial charge in [-0.05, 0) is 38.5 Å². The van der Waals surface area contributed by atoms with Crippen molar-refractivity contribution in [2.75, 3.05) is 26.7 Å². The van der Waals surface area contributed by atoms with E-state index in [1.807, 2.05) is 0 Å². The highest BCUT2D eigenvalue weighted by Crippen LogP contribution is 2.18. The average Bonchev–Trinajstić information content (AvgIpc) is 2.95. The van der Waals surface area contributed by atoms with Crippen molar-refractivity contribution in [1.82, 2.24) is 0 Å². The van der Waals surface area contributed by atoms with E-state index in [-0.39, 0.29) is 0 Å². The Balaban J connectivity index is 0. The van der Waals surface area contributed by atoms with Gasteiger partial charge in [-0.1, -0.05) is 175 Å². The summed E-state index contributed by atoms with van der Waals surface area (Å²) >= 11 is 0. The van der Waals surface area contributed by atoms with Crippen molar-refractivity contribution in [3.8, 4) is 0 Å². The van der Waals surface area contributed by atoms with E-state index in [1.54, 1.807) is 0 Å². The largest absolute Gasteiger partial charge is 0.726 e. The molecule has 0 aliphatic heterocycles. The lowest BCUT2D eigenvalue weighted by Crippen LogP contribution is -2.46. The van der Waals surface area contributed by atoms with Crippen LogP contribution in [0.4, 0.5) is 0 Å². The van der Waals surface area contributed by atoms with Gasteiger partial charge in [-0.15, -0.1) is 0 Å². The molecule has 0 aromatic carbocycles. The van der Waals surface area contributed by atoms with Gasteiger partial charge in [-0.3, -0.25) is 4.55 Å². The maximum Gasteiger partial charge on any atom is 0.215 e. The van der Waals surface area contributed by atoms with Gasteiger partial charge in [0.2, 0.25) is 10.4 Å². The summed E-state index contributed by atoms with van der Waals surface area (Å²) in [6, 6.07) is 0. The van der Waals surface area contributed by atoms with Crippen LogP contribution in [0.1, 0.15) is 213 Å². The van der Waals surface area contributed by atoms with E-state index in [9.17, 15) is 0 Å². The van der Waals surface area contributed by atoms with Gasteiger partial charge in [0.05, 0.1) is 26.7 Å². The Morgan fingerprint density at radius 1 is 0.395 bits per heavy atom. The fourth-order valence-corrected chi connectivity index (χ4v) is 6.28. The van der Waals surface area contributed by atoms with Gasteiger partial charge in [0.15, 0.2) is 0 Å². The van der Waals surface area contributed by atoms with Crippen LogP contribution in [0.5, 0.6) is 0 Å². The molecule has 0 radical (unpaired) electrons. The Kier molecular flexibility index (Phi) is 36.3. The highest BCUT2D eigenvalue weighted by Gasteiger charge is 2.20. The SMILES string of the molecule is CCCCCCCCCCCC[N+](C)(CCCCCCCCCCCC)CCCCCCCCCCCC.O=S(=O)([O-])O. The molecule has 1 N–H and O–H groups in total. The van der Waals surface area contributed by atoms with Crippen molar-refractivity contribution >= 4 is 10.4 Å². The summed E-state index contributed by atoms with van der Waals surface area (Å²) in [7, 11) is -2.31. The Morgan fingerprint density at radius 2 is 0.535 bits per heavy atom. The molecule has 0 aliphatic carbocycles. The molecular weight excluding hydrogens is 554 g/mol. The second-order valence-corrected chi connectivity index (χ2v) is 14.6. The second-order valence-electron chi connectivity index (χ2n) is 13.8. The molecule has 0 bridgehead atoms. The lowest BCUT2D eigenvalue weighted by atomic mass is 10.0. The zero-order valence-electron chi connectivity index (χ0n) is 29.9. The van der Waals surface area contributed by atoms with E-state index in [0.29, 0.717) is 0 Å². The molecule has 0 spiro atoms. The molecule has 0 aliphatic rings. The van der Waals surface area contributed by atoms with Gasteiger partial charge in [0, 0.05) is 0 Å². The first-order valence-corrected chi connectivity index (χ1v) is 20.6. The maximum absolute atomic E-state index is 8.63. The third kappa shape index (κ3) is 44.0. The predicted molar refractivity (Wildman–Crippen MR) is 189 cm³/mol. The quantitative estimate of drug-likeness (QED) is 0.0337. The minimum atomic E-state index is -4.92. The van der Waals surface area contributed by atoms with E-state index in [4.69, 9.17) is 17.5 Å². The zero-order valence-corrected chi connectivity index (χ0v) is 30.7. The zero-order chi connectivity index (χ0) is 32.3. The normalized spacial score (nSPS) is 12.0. The second kappa shape index (κ2) is 34.7. The van der Waals surface area contributed by atoms with Crippen LogP contribution in [0.15, 0.2) is 0 Å². The van der Waals surface area contributed by atoms with Gasteiger partial charge in [-0.2, -0.15) is 0 Å². The van der Waals surface area contributed by atoms with Crippen LogP contribution in [0, 0.1) is 0 Å². The van der Waals surface area contributed by atoms with Gasteiger partial charge >= 0.3 is 0 Å². The van der Waals surface area contributed by atoms with E-state index < -0.39 is 10.4 Å². The smallest absolute Gasteiger partial charge is 0.215 e. The lowest BCUT2D eigenvalue weighted by Gasteiger charge is -2.35. The molecule has 0 aromatic rings. The highest BCUT2D eigenvalue weighted by molar-refractivity contribution is 7.79. The number of nitrogens with zero attached hydrogens (tertiary/aromatic N) is 1. The third-order valence-corrected chi connectivity index (χ3v) is 9.15. The summed E-state index contributed by atoms with van der Waals surface area (Å²) in [5.41, 5.74) is 0. The molecule has 0 unspecified atom stereocenters. The van der Waals surface area contributed by atoms with E-state index in [0.717, 1.165) is 0 Å². The number of rotatable bonds is 33. The van der Waals surface area contributed by atoms with Gasteiger partial charge in [-0.25, -0.2) is 8.42 Å². The fourth-order valence-electron chi connectivity index (χ4n) is 6.28. The molecule has 5 nitrogen and oxygen atoms in total. The Hall–Kier alpha value is -0.170. The number of quaternary nitrogens is 1. The summed E-state index contributed by atoms with van der Waals surface area (Å²) in [5, 5.41) is 0. The summed E-state index contributed by atoms with van der Waals surface area (Å²) in [6.45, 7) is 11.3. The van der Waals surface area contributed by atoms with Crippen molar-refractivity contribution in [3.05, 3.63) is 0 Å². The molecular formula is C37H79NO4S. The van der Waals surface area contributed by atoms with Crippen LogP contribution >= 0.6 is 0 Å². The van der Waals surface area contributed by atoms with Crippen molar-refractivity contribution in [1.29, 1.82) is 0 Å². The predicted octanol–water partition coefficient (Wildman–Crippen LogP) is 12.2. The molecule has 0 saturated heterocycles. The third-order valence-electron chi connectivity index (χ3n) is 9.15. The van der Waals surface area contributed by atoms with E-state index >= 15 is 0 Å². The molecule has 0 aromatic heterocycles. The first-order chi connectivity index (χ1) is 20.7. The Morgan fingerprint density at radius 3 is 0.698 bits per heavy atom. The van der Waals surface area contributed by atoms with Crippen LogP contribution in [-0.2, 0) is 10.4 Å². The summed E-state index contributed by atoms with van der Waals surface area (Å²) in [4.78, 5) is 0. The molecule has 6 heteroatoms. The minimum Gasteiger partial charge on any atom is -0.726 e. The standard InChI is InChI=1S/C37H78N.H2O4S/c1-5-8-11-14-17-20-23-26-29-32-35-38(4,36-33-30-27-24-21-18-15-12-9-6-2)37-34-31-28-25-22-19-16-13-10-7-3;1-5(2,3)4/h5-37H2,1-4H3;(H2,1,2,3,4)/q+1;/p-1. The van der Waals surface area contributed by atoms with Crippen molar-refractivity contribution in [3.63, 3.8) is 0 Å². The molecule has 0 amide bonds. The number of unbranched alkanes of at least 4 members (excludes halogenated alkanes) is 27. The molecule has 0 atom stereocenters. The lowest BCUT2D eigenvalue weighted by molar-refractivity contribution is -0.910. The first kappa shape index (κ1) is 45.0. The van der Waals surface area contributed by atoms with E-state index in [2.05, 4.69) is 27.8 Å². The van der Waals surface area contributed by atoms with Crippen LogP contribution in [0.3, 0.4) is 0 Å². The molecule has 0 fully saturated rings. The molecule has 262 valence electrons. The van der Waals surface area contributed by atoms with Crippen molar-refractivity contribution < 1.29 is 22.0 Å². The number of hydrogen-bond donors (Lipinski definition) is 1. The highest BCUT2D eigenvalue weighted by atomic mass is 32.3. The minimum absolute atomic E-state index is 1.37. The van der Waals surface area contributed by atoms with Crippen LogP contribution in [0.2, 0.25) is 0 Å². The van der Waals surface area contributed by atoms with Crippen molar-refractivity contribution in [2.24, 2.45) is 0 Å². The van der Waals surface area contributed by atoms with Gasteiger partial charge in [0.25, 0.3) is 0 Å². The van der Waals surface area contributed by atoms with E-state index in [1.165, 1.54) is 217 Å². The summed E-state index contributed by atoms with van der Waals surface area (Å²) in [6.07, 6.45) is 43.8. The first-order valence-electron chi connectivity index (χ1n) is 19.2.